The lowest BCUT2D eigenvalue weighted by Gasteiger charge is -2.11. The van der Waals surface area contributed by atoms with E-state index in [1.54, 1.807) is 25.3 Å². The summed E-state index contributed by atoms with van der Waals surface area (Å²) in [7, 11) is 1.62. The number of hydrogen-bond acceptors (Lipinski definition) is 3. The summed E-state index contributed by atoms with van der Waals surface area (Å²) in [6.45, 7) is 0.443. The van der Waals surface area contributed by atoms with E-state index in [9.17, 15) is 4.79 Å². The first-order chi connectivity index (χ1) is 9.61. The molecule has 0 aliphatic heterocycles. The van der Waals surface area contributed by atoms with Gasteiger partial charge in [0.1, 0.15) is 0 Å². The fourth-order valence-electron chi connectivity index (χ4n) is 1.80. The fraction of sp³-hybridized carbons (Fsp3) is 0.133. The molecular weight excluding hydrogens is 320 g/mol. The van der Waals surface area contributed by atoms with E-state index in [1.807, 2.05) is 24.3 Å². The van der Waals surface area contributed by atoms with Crippen LogP contribution in [0.2, 0.25) is 0 Å². The predicted octanol–water partition coefficient (Wildman–Crippen LogP) is 3.43. The van der Waals surface area contributed by atoms with Crippen molar-refractivity contribution in [3.8, 4) is 0 Å². The quantitative estimate of drug-likeness (QED) is 0.842. The van der Waals surface area contributed by atoms with Crippen LogP contribution in [0.3, 0.4) is 0 Å². The maximum Gasteiger partial charge on any atom is 0.255 e. The van der Waals surface area contributed by atoms with Crippen LogP contribution in [0, 0.1) is 0 Å². The first kappa shape index (κ1) is 14.6. The Bertz CT molecular complexity index is 629. The Kier molecular flexibility index (Phi) is 4.76. The molecule has 20 heavy (non-hydrogen) atoms. The van der Waals surface area contributed by atoms with Crippen LogP contribution in [-0.2, 0) is 11.3 Å². The number of amides is 1. The number of hydrogen-bond donors (Lipinski definition) is 2. The van der Waals surface area contributed by atoms with Gasteiger partial charge >= 0.3 is 0 Å². The number of carbonyl (C=O) groups is 1. The van der Waals surface area contributed by atoms with Crippen molar-refractivity contribution < 1.29 is 9.53 Å². The monoisotopic (exact) mass is 334 g/mol. The molecule has 0 unspecified atom stereocenters. The van der Waals surface area contributed by atoms with Gasteiger partial charge in [0, 0.05) is 34.1 Å². The summed E-state index contributed by atoms with van der Waals surface area (Å²) in [5.41, 5.74) is 8.49. The number of halogens is 1. The lowest BCUT2D eigenvalue weighted by Crippen LogP contribution is -2.13. The molecule has 0 heterocycles. The van der Waals surface area contributed by atoms with Gasteiger partial charge < -0.3 is 15.8 Å². The second kappa shape index (κ2) is 6.54. The summed E-state index contributed by atoms with van der Waals surface area (Å²) < 4.78 is 5.89. The molecule has 0 aliphatic rings. The van der Waals surface area contributed by atoms with Crippen LogP contribution in [0.25, 0.3) is 0 Å². The van der Waals surface area contributed by atoms with Gasteiger partial charge in [-0.2, -0.15) is 0 Å². The molecule has 1 amide bonds. The number of nitrogen functional groups attached to an aromatic ring is 1. The molecule has 2 aromatic carbocycles. The van der Waals surface area contributed by atoms with E-state index >= 15 is 0 Å². The highest BCUT2D eigenvalue weighted by molar-refractivity contribution is 9.10. The second-order valence-corrected chi connectivity index (χ2v) is 5.13. The minimum absolute atomic E-state index is 0.201. The van der Waals surface area contributed by atoms with Gasteiger partial charge in [-0.1, -0.05) is 18.2 Å². The molecular formula is C15H15BrN2O2. The number of anilines is 2. The zero-order valence-corrected chi connectivity index (χ0v) is 12.6. The number of benzene rings is 2. The Morgan fingerprint density at radius 3 is 2.75 bits per heavy atom. The van der Waals surface area contributed by atoms with Gasteiger partial charge in [-0.05, 0) is 40.2 Å². The van der Waals surface area contributed by atoms with Crippen LogP contribution in [0.5, 0.6) is 0 Å². The van der Waals surface area contributed by atoms with Crippen LogP contribution >= 0.6 is 15.9 Å². The van der Waals surface area contributed by atoms with E-state index in [4.69, 9.17) is 10.5 Å². The molecule has 0 saturated heterocycles. The van der Waals surface area contributed by atoms with Gasteiger partial charge in [0.25, 0.3) is 5.91 Å². The lowest BCUT2D eigenvalue weighted by atomic mass is 10.1. The molecule has 104 valence electrons. The van der Waals surface area contributed by atoms with Crippen molar-refractivity contribution in [3.05, 3.63) is 58.1 Å². The second-order valence-electron chi connectivity index (χ2n) is 4.28. The fourth-order valence-corrected chi connectivity index (χ4v) is 2.05. The summed E-state index contributed by atoms with van der Waals surface area (Å²) in [4.78, 5) is 12.2. The predicted molar refractivity (Wildman–Crippen MR) is 83.7 cm³/mol. The smallest absolute Gasteiger partial charge is 0.255 e. The zero-order chi connectivity index (χ0) is 14.5. The number of nitrogens with two attached hydrogens (primary N) is 1. The molecule has 2 aromatic rings. The van der Waals surface area contributed by atoms with Crippen molar-refractivity contribution in [1.29, 1.82) is 0 Å². The number of para-hydroxylation sites is 1. The van der Waals surface area contributed by atoms with Gasteiger partial charge in [-0.25, -0.2) is 0 Å². The van der Waals surface area contributed by atoms with Crippen LogP contribution in [0.4, 0.5) is 11.4 Å². The van der Waals surface area contributed by atoms with Crippen molar-refractivity contribution in [3.63, 3.8) is 0 Å². The van der Waals surface area contributed by atoms with Crippen molar-refractivity contribution in [2.45, 2.75) is 6.61 Å². The Balaban J connectivity index is 2.21. The van der Waals surface area contributed by atoms with Crippen molar-refractivity contribution in [2.24, 2.45) is 0 Å². The largest absolute Gasteiger partial charge is 0.398 e. The molecule has 0 radical (unpaired) electrons. The average Bonchev–Trinajstić information content (AvgIpc) is 2.44. The minimum atomic E-state index is -0.201. The van der Waals surface area contributed by atoms with Crippen molar-refractivity contribution in [1.82, 2.24) is 0 Å². The van der Waals surface area contributed by atoms with E-state index in [-0.39, 0.29) is 5.91 Å². The Morgan fingerprint density at radius 2 is 2.05 bits per heavy atom. The normalized spacial score (nSPS) is 10.3. The van der Waals surface area contributed by atoms with Crippen LogP contribution in [0.1, 0.15) is 15.9 Å². The summed E-state index contributed by atoms with van der Waals surface area (Å²) in [6, 6.07) is 12.6. The highest BCUT2D eigenvalue weighted by atomic mass is 79.9. The minimum Gasteiger partial charge on any atom is -0.398 e. The van der Waals surface area contributed by atoms with Crippen LogP contribution in [-0.4, -0.2) is 13.0 Å². The summed E-state index contributed by atoms with van der Waals surface area (Å²) >= 11 is 3.30. The van der Waals surface area contributed by atoms with Gasteiger partial charge in [-0.15, -0.1) is 0 Å². The molecule has 2 rings (SSSR count). The molecule has 0 atom stereocenters. The molecule has 3 N–H and O–H groups in total. The van der Waals surface area contributed by atoms with Gasteiger partial charge in [0.2, 0.25) is 0 Å². The molecule has 0 aliphatic carbocycles. The Hall–Kier alpha value is -1.85. The van der Waals surface area contributed by atoms with E-state index in [2.05, 4.69) is 21.2 Å². The van der Waals surface area contributed by atoms with Gasteiger partial charge in [-0.3, -0.25) is 4.79 Å². The Morgan fingerprint density at radius 1 is 1.30 bits per heavy atom. The van der Waals surface area contributed by atoms with E-state index in [0.29, 0.717) is 17.9 Å². The topological polar surface area (TPSA) is 64.3 Å². The molecule has 0 bridgehead atoms. The van der Waals surface area contributed by atoms with Gasteiger partial charge in [0.05, 0.1) is 6.61 Å². The highest BCUT2D eigenvalue weighted by Crippen LogP contribution is 2.22. The molecule has 0 fully saturated rings. The summed E-state index contributed by atoms with van der Waals surface area (Å²) in [5.74, 6) is -0.201. The number of rotatable bonds is 4. The third-order valence-electron chi connectivity index (χ3n) is 2.82. The molecule has 0 aromatic heterocycles. The standard InChI is InChI=1S/C15H15BrN2O2/c1-20-9-11-4-2-3-5-14(11)18-15(19)10-6-7-12(16)13(17)8-10/h2-8H,9,17H2,1H3,(H,18,19). The summed E-state index contributed by atoms with van der Waals surface area (Å²) in [6.07, 6.45) is 0. The third kappa shape index (κ3) is 3.37. The maximum atomic E-state index is 12.2. The van der Waals surface area contributed by atoms with E-state index in [0.717, 1.165) is 15.7 Å². The number of ether oxygens (including phenoxy) is 1. The number of methoxy groups -OCH3 is 1. The van der Waals surface area contributed by atoms with Crippen molar-refractivity contribution in [2.75, 3.05) is 18.2 Å². The van der Waals surface area contributed by atoms with Gasteiger partial charge in [0.15, 0.2) is 0 Å². The van der Waals surface area contributed by atoms with E-state index in [1.165, 1.54) is 0 Å². The third-order valence-corrected chi connectivity index (χ3v) is 3.55. The SMILES string of the molecule is COCc1ccccc1NC(=O)c1ccc(Br)c(N)c1. The number of carbonyl (C=O) groups excluding carboxylic acids is 1. The first-order valence-electron chi connectivity index (χ1n) is 6.05. The Labute approximate surface area is 126 Å². The number of nitrogens with one attached hydrogen (secondary N) is 1. The summed E-state index contributed by atoms with van der Waals surface area (Å²) in [5, 5.41) is 2.87. The average molecular weight is 335 g/mol. The van der Waals surface area contributed by atoms with E-state index < -0.39 is 0 Å². The highest BCUT2D eigenvalue weighted by Gasteiger charge is 2.10. The lowest BCUT2D eigenvalue weighted by molar-refractivity contribution is 0.102. The molecule has 4 nitrogen and oxygen atoms in total. The molecule has 0 saturated carbocycles. The van der Waals surface area contributed by atoms with Crippen molar-refractivity contribution >= 4 is 33.2 Å². The van der Waals surface area contributed by atoms with Crippen LogP contribution in [0.15, 0.2) is 46.9 Å². The molecule has 0 spiro atoms. The zero-order valence-electron chi connectivity index (χ0n) is 11.0. The molecule has 5 heteroatoms. The maximum absolute atomic E-state index is 12.2. The van der Waals surface area contributed by atoms with Crippen LogP contribution < -0.4 is 11.1 Å². The first-order valence-corrected chi connectivity index (χ1v) is 6.84.